The predicted octanol–water partition coefficient (Wildman–Crippen LogP) is 1.38. The second-order valence-corrected chi connectivity index (χ2v) is 6.36. The molecule has 2 nitrogen and oxygen atoms in total. The van der Waals surface area contributed by atoms with Crippen molar-refractivity contribution in [1.29, 1.82) is 0 Å². The van der Waals surface area contributed by atoms with Crippen LogP contribution in [0.4, 0.5) is 0 Å². The van der Waals surface area contributed by atoms with Gasteiger partial charge in [-0.05, 0) is 5.70 Å². The van der Waals surface area contributed by atoms with Gasteiger partial charge in [0, 0.05) is 14.2 Å². The fourth-order valence-electron chi connectivity index (χ4n) is 0.414. The van der Waals surface area contributed by atoms with Gasteiger partial charge in [0.1, 0.15) is 0 Å². The van der Waals surface area contributed by atoms with Gasteiger partial charge in [-0.15, -0.1) is 6.58 Å². The van der Waals surface area contributed by atoms with Crippen LogP contribution in [0.15, 0.2) is 12.3 Å². The van der Waals surface area contributed by atoms with Crippen molar-refractivity contribution >= 4 is 24.5 Å². The average Bonchev–Trinajstić information content (AvgIpc) is 1.95. The lowest BCUT2D eigenvalue weighted by Gasteiger charge is -2.19. The molecule has 4 heteroatoms. The first-order valence-electron chi connectivity index (χ1n) is 2.54. The molecule has 0 atom stereocenters. The van der Waals surface area contributed by atoms with E-state index in [-0.39, 0.29) is 0 Å². The van der Waals surface area contributed by atoms with Crippen LogP contribution in [0.2, 0.25) is 0 Å². The highest BCUT2D eigenvalue weighted by atomic mass is 79.9. The lowest BCUT2D eigenvalue weighted by Crippen LogP contribution is -2.40. The summed E-state index contributed by atoms with van der Waals surface area (Å²) >= 11 is 3.29. The summed E-state index contributed by atoms with van der Waals surface area (Å²) in [6, 6.07) is 0. The maximum Gasteiger partial charge on any atom is 0.374 e. The van der Waals surface area contributed by atoms with Gasteiger partial charge in [0.05, 0.1) is 4.95 Å². The third kappa shape index (κ3) is 2.21. The molecule has 9 heavy (non-hydrogen) atoms. The maximum absolute atomic E-state index is 5.14. The van der Waals surface area contributed by atoms with Gasteiger partial charge in [0.25, 0.3) is 0 Å². The van der Waals surface area contributed by atoms with Crippen LogP contribution in [0.5, 0.6) is 0 Å². The van der Waals surface area contributed by atoms with Crippen LogP contribution in [0, 0.1) is 0 Å². The molecule has 0 aliphatic carbocycles. The summed E-state index contributed by atoms with van der Waals surface area (Å²) in [5.74, 6) is 0. The molecule has 0 saturated carbocycles. The van der Waals surface area contributed by atoms with E-state index in [2.05, 4.69) is 22.5 Å². The molecular formula is C5H11BrO2Si. The summed E-state index contributed by atoms with van der Waals surface area (Å²) < 4.78 is 10.3. The Balaban J connectivity index is 3.98. The molecule has 0 unspecified atom stereocenters. The maximum atomic E-state index is 5.14. The topological polar surface area (TPSA) is 18.5 Å². The first-order chi connectivity index (χ1) is 4.24. The Hall–Kier alpha value is 0.357. The van der Waals surface area contributed by atoms with E-state index >= 15 is 0 Å². The van der Waals surface area contributed by atoms with Crippen LogP contribution >= 0.6 is 15.9 Å². The van der Waals surface area contributed by atoms with Crippen molar-refractivity contribution in [3.63, 3.8) is 0 Å². The van der Waals surface area contributed by atoms with E-state index in [9.17, 15) is 0 Å². The molecule has 0 spiro atoms. The van der Waals surface area contributed by atoms with Gasteiger partial charge in [-0.2, -0.15) is 0 Å². The molecule has 0 heterocycles. The Labute approximate surface area is 65.2 Å². The van der Waals surface area contributed by atoms with Gasteiger partial charge in [-0.1, -0.05) is 15.9 Å². The largest absolute Gasteiger partial charge is 0.394 e. The minimum atomic E-state index is -2.01. The van der Waals surface area contributed by atoms with Crippen LogP contribution < -0.4 is 0 Å². The van der Waals surface area contributed by atoms with Crippen LogP contribution in [0.3, 0.4) is 0 Å². The molecule has 0 bridgehead atoms. The summed E-state index contributed by atoms with van der Waals surface area (Å²) in [5, 5.41) is 0. The van der Waals surface area contributed by atoms with Gasteiger partial charge in [-0.25, -0.2) is 0 Å². The Morgan fingerprint density at radius 2 is 2.00 bits per heavy atom. The summed E-state index contributed by atoms with van der Waals surface area (Å²) in [6.45, 7) is 3.63. The van der Waals surface area contributed by atoms with E-state index in [1.54, 1.807) is 19.9 Å². The Kier molecular flexibility index (Phi) is 4.38. The molecule has 0 aliphatic heterocycles. The normalized spacial score (nSPS) is 11.4. The third-order valence-electron chi connectivity index (χ3n) is 1.19. The Morgan fingerprint density at radius 1 is 1.56 bits per heavy atom. The standard InChI is InChI=1S/C5H11BrO2Si/c1-4-9(5-6,7-2)8-3/h4H,1,5H2,2-3H3. The highest BCUT2D eigenvalue weighted by Gasteiger charge is 2.29. The van der Waals surface area contributed by atoms with E-state index in [1.807, 2.05) is 0 Å². The monoisotopic (exact) mass is 210 g/mol. The number of rotatable bonds is 4. The number of hydrogen-bond donors (Lipinski definition) is 0. The Morgan fingerprint density at radius 3 is 2.00 bits per heavy atom. The van der Waals surface area contributed by atoms with Crippen molar-refractivity contribution < 1.29 is 8.85 Å². The fraction of sp³-hybridized carbons (Fsp3) is 0.600. The van der Waals surface area contributed by atoms with Crippen LogP contribution in [-0.2, 0) is 8.85 Å². The van der Waals surface area contributed by atoms with Gasteiger partial charge in [-0.3, -0.25) is 0 Å². The summed E-state index contributed by atoms with van der Waals surface area (Å²) in [7, 11) is 1.26. The van der Waals surface area contributed by atoms with Crippen molar-refractivity contribution in [3.05, 3.63) is 12.3 Å². The lowest BCUT2D eigenvalue weighted by atomic mass is 11.3. The van der Waals surface area contributed by atoms with Crippen LogP contribution in [-0.4, -0.2) is 27.7 Å². The smallest absolute Gasteiger partial charge is 0.374 e. The second-order valence-electron chi connectivity index (χ2n) is 1.56. The van der Waals surface area contributed by atoms with E-state index < -0.39 is 8.56 Å². The van der Waals surface area contributed by atoms with Gasteiger partial charge in [0.15, 0.2) is 0 Å². The summed E-state index contributed by atoms with van der Waals surface area (Å²) in [4.78, 5) is 0.733. The lowest BCUT2D eigenvalue weighted by molar-refractivity contribution is 0.263. The second kappa shape index (κ2) is 4.22. The van der Waals surface area contributed by atoms with Gasteiger partial charge in [0.2, 0.25) is 0 Å². The van der Waals surface area contributed by atoms with Gasteiger partial charge >= 0.3 is 8.56 Å². The Bertz CT molecular complexity index is 84.7. The first-order valence-corrected chi connectivity index (χ1v) is 5.76. The molecule has 0 N–H and O–H groups in total. The minimum Gasteiger partial charge on any atom is -0.394 e. The van der Waals surface area contributed by atoms with Crippen LogP contribution in [0.1, 0.15) is 0 Å². The van der Waals surface area contributed by atoms with E-state index in [4.69, 9.17) is 8.85 Å². The van der Waals surface area contributed by atoms with E-state index in [0.29, 0.717) is 0 Å². The number of alkyl halides is 1. The zero-order chi connectivity index (χ0) is 7.33. The highest BCUT2D eigenvalue weighted by molar-refractivity contribution is 9.09. The third-order valence-corrected chi connectivity index (χ3v) is 5.91. The molecule has 0 radical (unpaired) electrons. The van der Waals surface area contributed by atoms with Crippen molar-refractivity contribution in [2.75, 3.05) is 19.2 Å². The molecule has 0 aromatic heterocycles. The van der Waals surface area contributed by atoms with E-state index in [1.165, 1.54) is 0 Å². The SMILES string of the molecule is C=C[Si](CBr)(OC)OC. The summed E-state index contributed by atoms with van der Waals surface area (Å²) in [5.41, 5.74) is 1.75. The zero-order valence-corrected chi connectivity index (χ0v) is 8.27. The van der Waals surface area contributed by atoms with E-state index in [0.717, 1.165) is 4.95 Å². The van der Waals surface area contributed by atoms with Crippen molar-refractivity contribution in [2.45, 2.75) is 0 Å². The first kappa shape index (κ1) is 9.36. The molecular weight excluding hydrogens is 200 g/mol. The molecule has 0 saturated heterocycles. The van der Waals surface area contributed by atoms with Crippen molar-refractivity contribution in [2.24, 2.45) is 0 Å². The quantitative estimate of drug-likeness (QED) is 0.516. The zero-order valence-electron chi connectivity index (χ0n) is 5.69. The molecule has 0 fully saturated rings. The van der Waals surface area contributed by atoms with Crippen molar-refractivity contribution in [3.8, 4) is 0 Å². The van der Waals surface area contributed by atoms with Crippen LogP contribution in [0.25, 0.3) is 0 Å². The molecule has 0 aliphatic rings. The molecule has 0 rings (SSSR count). The molecule has 0 aromatic rings. The average molecular weight is 211 g/mol. The number of halogens is 1. The minimum absolute atomic E-state index is 0.733. The number of hydrogen-bond acceptors (Lipinski definition) is 2. The molecule has 0 amide bonds. The summed E-state index contributed by atoms with van der Waals surface area (Å²) in [6.07, 6.45) is 0. The van der Waals surface area contributed by atoms with Crippen molar-refractivity contribution in [1.82, 2.24) is 0 Å². The van der Waals surface area contributed by atoms with Gasteiger partial charge < -0.3 is 8.85 Å². The fourth-order valence-corrected chi connectivity index (χ4v) is 3.30. The highest BCUT2D eigenvalue weighted by Crippen LogP contribution is 2.08. The molecule has 0 aromatic carbocycles. The predicted molar refractivity (Wildman–Crippen MR) is 43.8 cm³/mol. The molecule has 54 valence electrons.